The van der Waals surface area contributed by atoms with Crippen LogP contribution in [0.15, 0.2) is 0 Å². The second kappa shape index (κ2) is 8.35. The Kier molecular flexibility index (Phi) is 14.9. The van der Waals surface area contributed by atoms with E-state index in [4.69, 9.17) is 0 Å². The third-order valence-corrected chi connectivity index (χ3v) is 9.37. The normalized spacial score (nSPS) is 10.9. The quantitative estimate of drug-likeness (QED) is 0.617. The van der Waals surface area contributed by atoms with E-state index in [1.54, 1.807) is 0 Å². The summed E-state index contributed by atoms with van der Waals surface area (Å²) in [4.78, 5) is 0. The summed E-state index contributed by atoms with van der Waals surface area (Å²) in [6.07, 6.45) is 0. The van der Waals surface area contributed by atoms with Crippen LogP contribution in [-0.4, -0.2) is 109 Å². The van der Waals surface area contributed by atoms with Crippen LogP contribution in [0.2, 0.25) is 32.7 Å². The number of hydrogen-bond donors (Lipinski definition) is 0. The topological polar surface area (TPSA) is 3.24 Å². The van der Waals surface area contributed by atoms with E-state index < -0.39 is 17.2 Å². The Hall–Kier alpha value is 3.03. The third-order valence-electron chi connectivity index (χ3n) is 1.83. The molecule has 60 valence electrons. The Bertz CT molecular complexity index is 95.1. The summed E-state index contributed by atoms with van der Waals surface area (Å²) < 4.78 is 2.63. The molecule has 0 amide bonds. The number of hydrogen-bond acceptors (Lipinski definition) is 1. The predicted octanol–water partition coefficient (Wildman–Crippen LogP) is 0.439. The minimum atomic E-state index is -0.929. The van der Waals surface area contributed by atoms with E-state index in [-0.39, 0.29) is 80.9 Å². The van der Waals surface area contributed by atoms with Crippen LogP contribution in [0.25, 0.3) is 0 Å². The van der Waals surface area contributed by atoms with Crippen LogP contribution in [0.4, 0.5) is 0 Å². The molecule has 0 aromatic carbocycles. The molecule has 0 aromatic heterocycles. The summed E-state index contributed by atoms with van der Waals surface area (Å²) >= 11 is 0. The van der Waals surface area contributed by atoms with E-state index in [9.17, 15) is 0 Å². The van der Waals surface area contributed by atoms with Crippen molar-refractivity contribution in [2.45, 2.75) is 32.7 Å². The molecule has 0 unspecified atom stereocenters. The monoisotopic (exact) mass is 225 g/mol. The molecule has 0 bridgehead atoms. The van der Waals surface area contributed by atoms with Crippen LogP contribution in [0.5, 0.6) is 0 Å². The molecule has 0 radical (unpaired) electrons. The molecule has 0 spiro atoms. The van der Waals surface area contributed by atoms with Gasteiger partial charge in [0.05, 0.1) is 8.96 Å². The van der Waals surface area contributed by atoms with Crippen molar-refractivity contribution >= 4 is 98.1 Å². The van der Waals surface area contributed by atoms with Gasteiger partial charge in [0, 0.05) is 0 Å². The molecule has 0 N–H and O–H groups in total. The first kappa shape index (κ1) is 19.6. The van der Waals surface area contributed by atoms with Gasteiger partial charge in [-0.1, -0.05) is 32.7 Å². The van der Waals surface area contributed by atoms with Crippen LogP contribution in [0.1, 0.15) is 0 Å². The second-order valence-electron chi connectivity index (χ2n) is 3.88. The van der Waals surface area contributed by atoms with Gasteiger partial charge in [-0.2, -0.15) is 0 Å². The minimum absolute atomic E-state index is 0. The maximum absolute atomic E-state index is 2.63. The van der Waals surface area contributed by atoms with E-state index in [0.717, 1.165) is 0 Å². The van der Waals surface area contributed by atoms with Crippen molar-refractivity contribution in [3.05, 3.63) is 0 Å². The molecule has 0 fully saturated rings. The number of rotatable bonds is 2. The molecule has 0 saturated carbocycles. The zero-order valence-corrected chi connectivity index (χ0v) is 9.68. The van der Waals surface area contributed by atoms with Gasteiger partial charge in [0.15, 0.2) is 0 Å². The zero-order valence-electron chi connectivity index (χ0n) is 7.52. The Morgan fingerprint density at radius 2 is 1.36 bits per heavy atom. The summed E-state index contributed by atoms with van der Waals surface area (Å²) in [5, 5.41) is 0. The number of nitrogens with zero attached hydrogens (tertiary/aromatic N) is 1. The van der Waals surface area contributed by atoms with E-state index in [1.807, 2.05) is 0 Å². The van der Waals surface area contributed by atoms with Crippen LogP contribution in [0, 0.1) is 0 Å². The van der Waals surface area contributed by atoms with Gasteiger partial charge >= 0.3 is 80.9 Å². The molecular formula is C6H21KNNaSi2. The van der Waals surface area contributed by atoms with Crippen LogP contribution < -0.4 is 0 Å². The first-order valence-corrected chi connectivity index (χ1v) is 9.86. The van der Waals surface area contributed by atoms with Crippen molar-refractivity contribution in [1.29, 1.82) is 0 Å². The van der Waals surface area contributed by atoms with Crippen LogP contribution in [-0.2, 0) is 0 Å². The average molecular weight is 226 g/mol. The summed E-state index contributed by atoms with van der Waals surface area (Å²) in [7, 11) is 0.858. The molecule has 0 aromatic rings. The van der Waals surface area contributed by atoms with Crippen LogP contribution >= 0.6 is 0 Å². The van der Waals surface area contributed by atoms with Gasteiger partial charge < -0.3 is 4.23 Å². The third kappa shape index (κ3) is 9.34. The predicted molar refractivity (Wildman–Crippen MR) is 64.3 cm³/mol. The van der Waals surface area contributed by atoms with Gasteiger partial charge in [-0.3, -0.25) is 0 Å². The molecule has 11 heavy (non-hydrogen) atoms. The van der Waals surface area contributed by atoms with Gasteiger partial charge in [0.25, 0.3) is 0 Å². The van der Waals surface area contributed by atoms with E-state index in [2.05, 4.69) is 44.0 Å². The Morgan fingerprint density at radius 1 is 1.09 bits per heavy atom. The van der Waals surface area contributed by atoms with Crippen LogP contribution in [0.3, 0.4) is 0 Å². The Labute approximate surface area is 139 Å². The van der Waals surface area contributed by atoms with Crippen molar-refractivity contribution in [3.63, 3.8) is 0 Å². The van der Waals surface area contributed by atoms with Gasteiger partial charge in [-0.25, -0.2) is 0 Å². The fourth-order valence-electron chi connectivity index (χ4n) is 0.775. The maximum atomic E-state index is 2.63. The molecule has 0 heterocycles. The standard InChI is InChI=1S/C6H19NSi2.K.Na.2H/c1-7(8(2)3)9(4,5)6;;;;/h8H,1-6H3;;;;. The van der Waals surface area contributed by atoms with Crippen molar-refractivity contribution in [1.82, 2.24) is 4.23 Å². The first-order chi connectivity index (χ1) is 3.85. The van der Waals surface area contributed by atoms with Gasteiger partial charge in [0.2, 0.25) is 0 Å². The molecule has 0 aliphatic heterocycles. The fraction of sp³-hybridized carbons (Fsp3) is 1.00. The van der Waals surface area contributed by atoms with Gasteiger partial charge in [-0.15, -0.1) is 0 Å². The van der Waals surface area contributed by atoms with Crippen molar-refractivity contribution in [2.75, 3.05) is 7.05 Å². The second-order valence-corrected chi connectivity index (χ2v) is 12.4. The van der Waals surface area contributed by atoms with E-state index >= 15 is 0 Å². The molecule has 0 saturated heterocycles. The molecule has 1 nitrogen and oxygen atoms in total. The Balaban J connectivity index is -0.000000320. The summed E-state index contributed by atoms with van der Waals surface area (Å²) in [5.41, 5.74) is 0. The van der Waals surface area contributed by atoms with Gasteiger partial charge in [-0.05, 0) is 7.05 Å². The molecule has 0 atom stereocenters. The molecule has 5 heteroatoms. The average Bonchev–Trinajstić information content (AvgIpc) is 1.62. The molecule has 0 rings (SSSR count). The van der Waals surface area contributed by atoms with Gasteiger partial charge in [0.1, 0.15) is 8.24 Å². The van der Waals surface area contributed by atoms with E-state index in [0.29, 0.717) is 0 Å². The first-order valence-electron chi connectivity index (χ1n) is 3.58. The van der Waals surface area contributed by atoms with E-state index in [1.165, 1.54) is 0 Å². The van der Waals surface area contributed by atoms with Crippen molar-refractivity contribution in [3.8, 4) is 0 Å². The molecule has 0 aliphatic carbocycles. The van der Waals surface area contributed by atoms with Crippen molar-refractivity contribution < 1.29 is 0 Å². The summed E-state index contributed by atoms with van der Waals surface area (Å²) in [6.45, 7) is 12.0. The SMILES string of the molecule is CN([SiH](C)C)[Si](C)(C)C.[KH].[NaH]. The van der Waals surface area contributed by atoms with Crippen molar-refractivity contribution in [2.24, 2.45) is 0 Å². The fourth-order valence-corrected chi connectivity index (χ4v) is 6.97. The molecular weight excluding hydrogens is 204 g/mol. The zero-order chi connectivity index (χ0) is 7.65. The molecule has 0 aliphatic rings. The summed E-state index contributed by atoms with van der Waals surface area (Å²) in [5.74, 6) is 0. The Morgan fingerprint density at radius 3 is 1.36 bits per heavy atom. The summed E-state index contributed by atoms with van der Waals surface area (Å²) in [6, 6.07) is 0.